The average Bonchev–Trinajstić information content (AvgIpc) is 3.36. The number of benzene rings is 2. The molecular formula is C25H23N3O5. The Hall–Kier alpha value is -4.20. The molecule has 1 aliphatic rings. The number of aromatic nitrogens is 1. The van der Waals surface area contributed by atoms with E-state index in [1.807, 2.05) is 42.0 Å². The number of hydrogen-bond acceptors (Lipinski definition) is 5. The third-order valence-electron chi connectivity index (χ3n) is 5.68. The fourth-order valence-corrected chi connectivity index (χ4v) is 3.89. The van der Waals surface area contributed by atoms with Gasteiger partial charge in [-0.25, -0.2) is 9.59 Å². The zero-order chi connectivity index (χ0) is 23.7. The lowest BCUT2D eigenvalue weighted by atomic mass is 10.0. The molecule has 8 heteroatoms. The van der Waals surface area contributed by atoms with E-state index >= 15 is 0 Å². The van der Waals surface area contributed by atoms with Gasteiger partial charge in [-0.15, -0.1) is 0 Å². The topological polar surface area (TPSA) is 101 Å². The Balaban J connectivity index is 1.76. The zero-order valence-corrected chi connectivity index (χ0v) is 18.5. The van der Waals surface area contributed by atoms with Gasteiger partial charge in [0.15, 0.2) is 0 Å². The summed E-state index contributed by atoms with van der Waals surface area (Å²) in [6.45, 7) is 3.68. The number of carboxylic acids is 1. The normalized spacial score (nSPS) is 15.7. The van der Waals surface area contributed by atoms with Crippen molar-refractivity contribution >= 4 is 46.2 Å². The van der Waals surface area contributed by atoms with Crippen LogP contribution in [-0.2, 0) is 14.3 Å². The summed E-state index contributed by atoms with van der Waals surface area (Å²) in [5.41, 5.74) is 3.33. The van der Waals surface area contributed by atoms with Crippen LogP contribution in [0.2, 0.25) is 0 Å². The number of carbonyl (C=O) groups is 3. The van der Waals surface area contributed by atoms with Gasteiger partial charge in [-0.3, -0.25) is 4.79 Å². The highest BCUT2D eigenvalue weighted by Crippen LogP contribution is 2.31. The van der Waals surface area contributed by atoms with Crippen molar-refractivity contribution < 1.29 is 24.2 Å². The molecule has 0 radical (unpaired) electrons. The van der Waals surface area contributed by atoms with Crippen LogP contribution in [0.5, 0.6) is 0 Å². The molecule has 0 saturated heterocycles. The molecule has 3 aromatic rings. The van der Waals surface area contributed by atoms with Crippen LogP contribution in [-0.4, -0.2) is 40.3 Å². The van der Waals surface area contributed by atoms with Gasteiger partial charge in [0.05, 0.1) is 29.6 Å². The number of esters is 1. The van der Waals surface area contributed by atoms with E-state index in [1.165, 1.54) is 24.3 Å². The Kier molecular flexibility index (Phi) is 5.83. The predicted molar refractivity (Wildman–Crippen MR) is 125 cm³/mol. The molecule has 1 unspecified atom stereocenters. The van der Waals surface area contributed by atoms with Gasteiger partial charge in [-0.05, 0) is 49.8 Å². The summed E-state index contributed by atoms with van der Waals surface area (Å²) in [6.07, 6.45) is 4.17. The zero-order valence-electron chi connectivity index (χ0n) is 18.5. The van der Waals surface area contributed by atoms with Crippen molar-refractivity contribution in [3.63, 3.8) is 0 Å². The second-order valence-electron chi connectivity index (χ2n) is 7.64. The van der Waals surface area contributed by atoms with Crippen molar-refractivity contribution in [2.24, 2.45) is 5.10 Å². The first-order chi connectivity index (χ1) is 15.8. The minimum absolute atomic E-state index is 0.133. The van der Waals surface area contributed by atoms with Crippen LogP contribution in [0, 0.1) is 0 Å². The number of ether oxygens (including phenoxy) is 1. The molecule has 1 N–H and O–H groups in total. The van der Waals surface area contributed by atoms with Crippen molar-refractivity contribution in [2.75, 3.05) is 12.1 Å². The minimum atomic E-state index is -1.04. The number of aromatic carboxylic acids is 1. The predicted octanol–water partition coefficient (Wildman–Crippen LogP) is 4.27. The summed E-state index contributed by atoms with van der Waals surface area (Å²) in [4.78, 5) is 36.5. The molecule has 2 aromatic carbocycles. The Bertz CT molecular complexity index is 1320. The Morgan fingerprint density at radius 1 is 1.15 bits per heavy atom. The molecule has 33 heavy (non-hydrogen) atoms. The summed E-state index contributed by atoms with van der Waals surface area (Å²) < 4.78 is 6.74. The quantitative estimate of drug-likeness (QED) is 0.451. The lowest BCUT2D eigenvalue weighted by Gasteiger charge is -2.12. The number of fused-ring (bicyclic) bond motifs is 1. The number of anilines is 1. The number of carboxylic acid groups (broad SMARTS) is 1. The number of amides is 1. The molecular weight excluding hydrogens is 422 g/mol. The van der Waals surface area contributed by atoms with E-state index in [4.69, 9.17) is 9.84 Å². The van der Waals surface area contributed by atoms with Crippen LogP contribution >= 0.6 is 0 Å². The molecule has 1 atom stereocenters. The molecule has 0 bridgehead atoms. The first-order valence-corrected chi connectivity index (χ1v) is 10.5. The maximum Gasteiger partial charge on any atom is 0.335 e. The number of nitrogens with zero attached hydrogens (tertiary/aromatic N) is 3. The highest BCUT2D eigenvalue weighted by atomic mass is 16.5. The summed E-state index contributed by atoms with van der Waals surface area (Å²) in [5, 5.41) is 15.8. The van der Waals surface area contributed by atoms with E-state index in [0.717, 1.165) is 16.5 Å². The maximum atomic E-state index is 13.3. The van der Waals surface area contributed by atoms with Crippen molar-refractivity contribution in [1.82, 2.24) is 4.57 Å². The number of hydrazone groups is 1. The molecule has 2 heterocycles. The van der Waals surface area contributed by atoms with Gasteiger partial charge in [0.1, 0.15) is 6.04 Å². The van der Waals surface area contributed by atoms with Crippen molar-refractivity contribution in [1.29, 1.82) is 0 Å². The summed E-state index contributed by atoms with van der Waals surface area (Å²) in [5.74, 6) is -1.70. The second kappa shape index (κ2) is 8.74. The van der Waals surface area contributed by atoms with Gasteiger partial charge in [0.2, 0.25) is 0 Å². The smallest absolute Gasteiger partial charge is 0.335 e. The van der Waals surface area contributed by atoms with Gasteiger partial charge < -0.3 is 14.4 Å². The van der Waals surface area contributed by atoms with Crippen molar-refractivity contribution in [3.05, 3.63) is 71.4 Å². The molecule has 8 nitrogen and oxygen atoms in total. The largest absolute Gasteiger partial charge is 0.478 e. The summed E-state index contributed by atoms with van der Waals surface area (Å²) in [7, 11) is 1.35. The van der Waals surface area contributed by atoms with Crippen LogP contribution < -0.4 is 5.01 Å². The van der Waals surface area contributed by atoms with E-state index in [-0.39, 0.29) is 17.4 Å². The molecule has 0 spiro atoms. The molecule has 1 aliphatic heterocycles. The number of rotatable bonds is 6. The van der Waals surface area contributed by atoms with Crippen LogP contribution in [0.3, 0.4) is 0 Å². The standard InChI is InChI=1S/C25H23N3O5/c1-4-21-20(23(29)28(26-21)18-11-9-16(10-12-18)24(30)31)13-17-14-27(15(2)25(32)33-3)22-8-6-5-7-19(17)22/h5-15H,4H2,1-3H3,(H,30,31)/b20-13-. The van der Waals surface area contributed by atoms with Crippen molar-refractivity contribution in [2.45, 2.75) is 26.3 Å². The molecule has 168 valence electrons. The van der Waals surface area contributed by atoms with Crippen molar-refractivity contribution in [3.8, 4) is 0 Å². The van der Waals surface area contributed by atoms with E-state index in [1.54, 1.807) is 25.1 Å². The van der Waals surface area contributed by atoms with Crippen LogP contribution in [0.25, 0.3) is 17.0 Å². The lowest BCUT2D eigenvalue weighted by molar-refractivity contribution is -0.143. The highest BCUT2D eigenvalue weighted by Gasteiger charge is 2.31. The Morgan fingerprint density at radius 3 is 2.48 bits per heavy atom. The van der Waals surface area contributed by atoms with E-state index in [0.29, 0.717) is 23.4 Å². The monoisotopic (exact) mass is 445 g/mol. The first kappa shape index (κ1) is 22.0. The van der Waals surface area contributed by atoms with E-state index < -0.39 is 12.0 Å². The summed E-state index contributed by atoms with van der Waals surface area (Å²) >= 11 is 0. The molecule has 1 amide bonds. The van der Waals surface area contributed by atoms with Gasteiger partial charge in [0, 0.05) is 22.7 Å². The second-order valence-corrected chi connectivity index (χ2v) is 7.64. The molecule has 0 aliphatic carbocycles. The number of hydrogen-bond donors (Lipinski definition) is 1. The van der Waals surface area contributed by atoms with E-state index in [2.05, 4.69) is 5.10 Å². The SMILES string of the molecule is CCC1=NN(c2ccc(C(=O)O)cc2)C(=O)/C1=C\c1cn(C(C)C(=O)OC)c2ccccc12. The molecule has 1 aromatic heterocycles. The van der Waals surface area contributed by atoms with Gasteiger partial charge in [-0.1, -0.05) is 25.1 Å². The van der Waals surface area contributed by atoms with Crippen LogP contribution in [0.1, 0.15) is 42.2 Å². The average molecular weight is 445 g/mol. The third-order valence-corrected chi connectivity index (χ3v) is 5.68. The van der Waals surface area contributed by atoms with E-state index in [9.17, 15) is 14.4 Å². The number of methoxy groups -OCH3 is 1. The number of carbonyl (C=O) groups excluding carboxylic acids is 2. The van der Waals surface area contributed by atoms with Gasteiger partial charge in [-0.2, -0.15) is 10.1 Å². The lowest BCUT2D eigenvalue weighted by Crippen LogP contribution is -2.21. The Morgan fingerprint density at radius 2 is 1.85 bits per heavy atom. The molecule has 4 rings (SSSR count). The molecule has 0 saturated carbocycles. The van der Waals surface area contributed by atoms with Gasteiger partial charge >= 0.3 is 11.9 Å². The fraction of sp³-hybridized carbons (Fsp3) is 0.200. The summed E-state index contributed by atoms with van der Waals surface area (Å²) in [6, 6.07) is 13.1. The minimum Gasteiger partial charge on any atom is -0.478 e. The van der Waals surface area contributed by atoms with Crippen LogP contribution in [0.15, 0.2) is 65.4 Å². The third kappa shape index (κ3) is 3.91. The van der Waals surface area contributed by atoms with Gasteiger partial charge in [0.25, 0.3) is 5.91 Å². The maximum absolute atomic E-state index is 13.3. The van der Waals surface area contributed by atoms with Crippen LogP contribution in [0.4, 0.5) is 5.69 Å². The number of para-hydroxylation sites is 1. The Labute approximate surface area is 190 Å². The highest BCUT2D eigenvalue weighted by molar-refractivity contribution is 6.33. The first-order valence-electron chi connectivity index (χ1n) is 10.5. The fourth-order valence-electron chi connectivity index (χ4n) is 3.89. The molecule has 0 fully saturated rings.